The summed E-state index contributed by atoms with van der Waals surface area (Å²) in [4.78, 5) is 0. The Morgan fingerprint density at radius 3 is 0.950 bits per heavy atom. The van der Waals surface area contributed by atoms with E-state index in [1.165, 1.54) is 121 Å². The Bertz CT molecular complexity index is 3170. The largest absolute Gasteiger partial charge is 0.0622 e. The van der Waals surface area contributed by atoms with Crippen LogP contribution in [0.15, 0.2) is 194 Å². The van der Waals surface area contributed by atoms with Gasteiger partial charge in [-0.3, -0.25) is 0 Å². The second kappa shape index (κ2) is 12.7. The molecule has 0 unspecified atom stereocenters. The second-order valence-electron chi connectivity index (χ2n) is 18.1. The lowest BCUT2D eigenvalue weighted by molar-refractivity contribution is 0.660. The summed E-state index contributed by atoms with van der Waals surface area (Å²) < 4.78 is 0. The fraction of sp³-hybridized carbons (Fsp3) is 0.100. The minimum atomic E-state index is -0.153. The first-order chi connectivity index (χ1) is 29.3. The average molecular weight is 765 g/mol. The zero-order valence-electron chi connectivity index (χ0n) is 34.5. The topological polar surface area (TPSA) is 0 Å². The third kappa shape index (κ3) is 5.04. The molecule has 2 aliphatic carbocycles. The van der Waals surface area contributed by atoms with Gasteiger partial charge in [0.1, 0.15) is 0 Å². The van der Waals surface area contributed by atoms with Crippen LogP contribution >= 0.6 is 0 Å². The molecule has 10 aromatic rings. The Labute approximate surface area is 352 Å². The quantitative estimate of drug-likeness (QED) is 0.167. The van der Waals surface area contributed by atoms with E-state index >= 15 is 0 Å². The molecule has 0 heterocycles. The highest BCUT2D eigenvalue weighted by Crippen LogP contribution is 2.57. The Balaban J connectivity index is 1.01. The summed E-state index contributed by atoms with van der Waals surface area (Å²) in [5.41, 5.74) is 20.8. The first kappa shape index (κ1) is 35.0. The van der Waals surface area contributed by atoms with Gasteiger partial charge in [-0.15, -0.1) is 0 Å². The van der Waals surface area contributed by atoms with Crippen molar-refractivity contribution < 1.29 is 0 Å². The van der Waals surface area contributed by atoms with Gasteiger partial charge < -0.3 is 0 Å². The van der Waals surface area contributed by atoms with Gasteiger partial charge in [0.05, 0.1) is 0 Å². The molecule has 10 aromatic carbocycles. The highest BCUT2D eigenvalue weighted by Gasteiger charge is 2.40. The first-order valence-electron chi connectivity index (χ1n) is 21.3. The fourth-order valence-electron chi connectivity index (χ4n) is 10.9. The van der Waals surface area contributed by atoms with Gasteiger partial charge in [-0.2, -0.15) is 0 Å². The van der Waals surface area contributed by atoms with Gasteiger partial charge in [-0.25, -0.2) is 0 Å². The third-order valence-corrected chi connectivity index (χ3v) is 14.0. The van der Waals surface area contributed by atoms with E-state index in [-0.39, 0.29) is 10.8 Å². The van der Waals surface area contributed by atoms with Crippen LogP contribution in [0.1, 0.15) is 49.9 Å². The van der Waals surface area contributed by atoms with Crippen LogP contribution in [0.3, 0.4) is 0 Å². The Kier molecular flexibility index (Phi) is 7.42. The Morgan fingerprint density at radius 2 is 0.583 bits per heavy atom. The molecular formula is C60H44. The smallest absolute Gasteiger partial charge is 0.0159 e. The van der Waals surface area contributed by atoms with E-state index in [0.717, 1.165) is 0 Å². The summed E-state index contributed by atoms with van der Waals surface area (Å²) in [5.74, 6) is 0. The molecule has 0 atom stereocenters. The zero-order chi connectivity index (χ0) is 40.3. The van der Waals surface area contributed by atoms with Gasteiger partial charge in [-0.05, 0) is 158 Å². The van der Waals surface area contributed by atoms with E-state index in [2.05, 4.69) is 222 Å². The van der Waals surface area contributed by atoms with Gasteiger partial charge in [0.25, 0.3) is 0 Å². The lowest BCUT2D eigenvalue weighted by Gasteiger charge is -2.23. The molecule has 0 saturated heterocycles. The summed E-state index contributed by atoms with van der Waals surface area (Å²) in [6.07, 6.45) is 0. The molecule has 0 saturated carbocycles. The van der Waals surface area contributed by atoms with Gasteiger partial charge in [0.15, 0.2) is 0 Å². The molecule has 0 N–H and O–H groups in total. The lowest BCUT2D eigenvalue weighted by Crippen LogP contribution is -2.15. The van der Waals surface area contributed by atoms with Crippen molar-refractivity contribution in [3.05, 3.63) is 216 Å². The van der Waals surface area contributed by atoms with Crippen LogP contribution in [0.2, 0.25) is 0 Å². The van der Waals surface area contributed by atoms with Crippen molar-refractivity contribution in [2.45, 2.75) is 38.5 Å². The number of hydrogen-bond acceptors (Lipinski definition) is 0. The fourth-order valence-corrected chi connectivity index (χ4v) is 10.9. The number of rotatable bonds is 4. The maximum atomic E-state index is 2.49. The van der Waals surface area contributed by atoms with Crippen LogP contribution < -0.4 is 0 Å². The molecule has 12 rings (SSSR count). The molecule has 0 amide bonds. The SMILES string of the molecule is CC1(C)c2cc(-c3cc4ccccc4cc3-c3ccccc3)ccc2-c2c1ccc1c3c(ccc21)C(C)(C)c1cc(-c2cc4ccccc4cc2-c2ccccc2)ccc1-3. The van der Waals surface area contributed by atoms with Crippen LogP contribution in [0.4, 0.5) is 0 Å². The second-order valence-corrected chi connectivity index (χ2v) is 18.1. The van der Waals surface area contributed by atoms with Crippen molar-refractivity contribution in [1.82, 2.24) is 0 Å². The van der Waals surface area contributed by atoms with Crippen LogP contribution in [-0.4, -0.2) is 0 Å². The van der Waals surface area contributed by atoms with E-state index in [1.54, 1.807) is 0 Å². The highest BCUT2D eigenvalue weighted by molar-refractivity contribution is 6.11. The van der Waals surface area contributed by atoms with Crippen LogP contribution in [0.5, 0.6) is 0 Å². The van der Waals surface area contributed by atoms with Crippen molar-refractivity contribution in [1.29, 1.82) is 0 Å². The van der Waals surface area contributed by atoms with Crippen LogP contribution in [0, 0.1) is 0 Å². The first-order valence-corrected chi connectivity index (χ1v) is 21.3. The van der Waals surface area contributed by atoms with Crippen LogP contribution in [-0.2, 0) is 10.8 Å². The van der Waals surface area contributed by atoms with E-state index in [1.807, 2.05) is 0 Å². The number of fused-ring (bicyclic) bond motifs is 11. The molecule has 60 heavy (non-hydrogen) atoms. The summed E-state index contributed by atoms with van der Waals surface area (Å²) >= 11 is 0. The van der Waals surface area contributed by atoms with E-state index in [0.29, 0.717) is 0 Å². The molecule has 0 aromatic heterocycles. The third-order valence-electron chi connectivity index (χ3n) is 14.0. The van der Waals surface area contributed by atoms with Crippen molar-refractivity contribution in [2.75, 3.05) is 0 Å². The minimum absolute atomic E-state index is 0.153. The predicted molar refractivity (Wildman–Crippen MR) is 256 cm³/mol. The molecule has 0 heteroatoms. The van der Waals surface area contributed by atoms with Gasteiger partial charge in [0.2, 0.25) is 0 Å². The normalized spacial score (nSPS) is 14.3. The van der Waals surface area contributed by atoms with Crippen molar-refractivity contribution >= 4 is 32.3 Å². The molecule has 284 valence electrons. The average Bonchev–Trinajstić information content (AvgIpc) is 3.67. The standard InChI is InChI=1S/C60H44/c1-59(2)53-29-27-46-45(57(53)47-25-23-43(35-55(47)59)51-33-41-21-13-11-19-39(41)31-49(51)37-15-7-5-8-16-37)28-30-54-58(46)48-26-24-44(36-56(48)60(54,3)4)52-34-42-22-14-12-20-40(42)32-50(52)38-17-9-6-10-18-38/h5-36H,1-4H3. The van der Waals surface area contributed by atoms with Crippen LogP contribution in [0.25, 0.3) is 99.1 Å². The van der Waals surface area contributed by atoms with Crippen molar-refractivity contribution in [3.63, 3.8) is 0 Å². The van der Waals surface area contributed by atoms with Gasteiger partial charge >= 0.3 is 0 Å². The number of benzene rings is 10. The summed E-state index contributed by atoms with van der Waals surface area (Å²) in [6, 6.07) is 72.9. The summed E-state index contributed by atoms with van der Waals surface area (Å²) in [5, 5.41) is 7.74. The van der Waals surface area contributed by atoms with E-state index in [4.69, 9.17) is 0 Å². The summed E-state index contributed by atoms with van der Waals surface area (Å²) in [6.45, 7) is 9.65. The summed E-state index contributed by atoms with van der Waals surface area (Å²) in [7, 11) is 0. The van der Waals surface area contributed by atoms with Crippen molar-refractivity contribution in [3.8, 4) is 66.8 Å². The molecule has 0 nitrogen and oxygen atoms in total. The predicted octanol–water partition coefficient (Wildman–Crippen LogP) is 16.4. The Hall–Kier alpha value is -7.02. The van der Waals surface area contributed by atoms with Gasteiger partial charge in [0, 0.05) is 10.8 Å². The van der Waals surface area contributed by atoms with Crippen molar-refractivity contribution in [2.24, 2.45) is 0 Å². The Morgan fingerprint density at radius 1 is 0.250 bits per heavy atom. The number of hydrogen-bond donors (Lipinski definition) is 0. The zero-order valence-corrected chi connectivity index (χ0v) is 34.5. The molecular weight excluding hydrogens is 721 g/mol. The molecule has 0 radical (unpaired) electrons. The maximum Gasteiger partial charge on any atom is 0.0159 e. The minimum Gasteiger partial charge on any atom is -0.0622 e. The monoisotopic (exact) mass is 764 g/mol. The lowest BCUT2D eigenvalue weighted by atomic mass is 9.79. The van der Waals surface area contributed by atoms with Gasteiger partial charge in [-0.1, -0.05) is 185 Å². The molecule has 0 bridgehead atoms. The molecule has 0 fully saturated rings. The van der Waals surface area contributed by atoms with E-state index < -0.39 is 0 Å². The molecule has 2 aliphatic rings. The molecule has 0 aliphatic heterocycles. The molecule has 0 spiro atoms. The highest BCUT2D eigenvalue weighted by atomic mass is 14.4. The maximum absolute atomic E-state index is 2.49. The van der Waals surface area contributed by atoms with E-state index in [9.17, 15) is 0 Å².